The number of aryl methyl sites for hydroxylation is 1. The molecule has 0 spiro atoms. The predicted molar refractivity (Wildman–Crippen MR) is 136 cm³/mol. The van der Waals surface area contributed by atoms with Crippen molar-refractivity contribution in [3.05, 3.63) is 89.2 Å². The third-order valence-electron chi connectivity index (χ3n) is 6.34. The molecule has 1 heterocycles. The van der Waals surface area contributed by atoms with E-state index in [9.17, 15) is 14.0 Å². The standard InChI is InChI=1S/C28H28FNO5S/c1-18-8-12-23(13-9-18)36-28(27(32)35-4)16-25(31)30(26(28)19-6-5-7-21(29)14-19)17-20-10-11-22(33-2)15-24(20)34-3/h5-15,26H,16-17H2,1-4H3/t26-,28?/m1/s1. The monoisotopic (exact) mass is 509 g/mol. The van der Waals surface area contributed by atoms with Gasteiger partial charge in [-0.3, -0.25) is 9.59 Å². The Balaban J connectivity index is 1.84. The lowest BCUT2D eigenvalue weighted by molar-refractivity contribution is -0.144. The zero-order valence-electron chi connectivity index (χ0n) is 20.6. The second kappa shape index (κ2) is 10.6. The lowest BCUT2D eigenvalue weighted by Crippen LogP contribution is -2.42. The Morgan fingerprint density at radius 1 is 1.06 bits per heavy atom. The number of benzene rings is 3. The topological polar surface area (TPSA) is 65.1 Å². The van der Waals surface area contributed by atoms with Crippen LogP contribution in [0.5, 0.6) is 11.5 Å². The molecule has 6 nitrogen and oxygen atoms in total. The number of thioether (sulfide) groups is 1. The van der Waals surface area contributed by atoms with Crippen molar-refractivity contribution in [2.24, 2.45) is 0 Å². The minimum absolute atomic E-state index is 0.0993. The van der Waals surface area contributed by atoms with E-state index in [2.05, 4.69) is 0 Å². The summed E-state index contributed by atoms with van der Waals surface area (Å²) in [5.74, 6) is -0.0780. The van der Waals surface area contributed by atoms with Crippen LogP contribution in [-0.2, 0) is 20.9 Å². The SMILES string of the molecule is COC(=O)C1(Sc2ccc(C)cc2)CC(=O)N(Cc2ccc(OC)cc2OC)[C@@H]1c1cccc(F)c1. The molecule has 0 saturated carbocycles. The summed E-state index contributed by atoms with van der Waals surface area (Å²) in [4.78, 5) is 29.5. The summed E-state index contributed by atoms with van der Waals surface area (Å²) in [6, 6.07) is 18.3. The molecule has 3 aromatic carbocycles. The number of halogens is 1. The zero-order valence-corrected chi connectivity index (χ0v) is 21.4. The number of ether oxygens (including phenoxy) is 3. The minimum Gasteiger partial charge on any atom is -0.497 e. The molecule has 0 aliphatic carbocycles. The highest BCUT2D eigenvalue weighted by Gasteiger charge is 2.59. The van der Waals surface area contributed by atoms with E-state index in [1.54, 1.807) is 43.4 Å². The van der Waals surface area contributed by atoms with Crippen LogP contribution in [0, 0.1) is 12.7 Å². The lowest BCUT2D eigenvalue weighted by Gasteiger charge is -2.35. The highest BCUT2D eigenvalue weighted by molar-refractivity contribution is 8.01. The third-order valence-corrected chi connectivity index (χ3v) is 7.75. The predicted octanol–water partition coefficient (Wildman–Crippen LogP) is 5.33. The fourth-order valence-electron chi connectivity index (χ4n) is 4.60. The molecule has 0 bridgehead atoms. The summed E-state index contributed by atoms with van der Waals surface area (Å²) < 4.78 is 29.2. The molecule has 0 aromatic heterocycles. The Bertz CT molecular complexity index is 1270. The Morgan fingerprint density at radius 2 is 1.81 bits per heavy atom. The fourth-order valence-corrected chi connectivity index (χ4v) is 6.03. The highest BCUT2D eigenvalue weighted by Crippen LogP contribution is 2.54. The molecule has 1 unspecified atom stereocenters. The number of nitrogens with zero attached hydrogens (tertiary/aromatic N) is 1. The van der Waals surface area contributed by atoms with Gasteiger partial charge in [-0.25, -0.2) is 4.39 Å². The van der Waals surface area contributed by atoms with E-state index in [1.165, 1.54) is 31.0 Å². The van der Waals surface area contributed by atoms with Crippen molar-refractivity contribution in [3.63, 3.8) is 0 Å². The second-order valence-corrected chi connectivity index (χ2v) is 10.0. The molecule has 1 aliphatic rings. The van der Waals surface area contributed by atoms with Crippen LogP contribution in [0.2, 0.25) is 0 Å². The molecule has 0 radical (unpaired) electrons. The third kappa shape index (κ3) is 4.91. The van der Waals surface area contributed by atoms with Crippen LogP contribution in [-0.4, -0.2) is 42.9 Å². The van der Waals surface area contributed by atoms with Gasteiger partial charge in [0.25, 0.3) is 0 Å². The molecule has 36 heavy (non-hydrogen) atoms. The first-order valence-electron chi connectivity index (χ1n) is 11.4. The van der Waals surface area contributed by atoms with Gasteiger partial charge in [-0.1, -0.05) is 29.8 Å². The number of methoxy groups -OCH3 is 3. The normalized spacial score (nSPS) is 19.3. The van der Waals surface area contributed by atoms with E-state index >= 15 is 0 Å². The molecule has 8 heteroatoms. The molecule has 0 N–H and O–H groups in total. The van der Waals surface area contributed by atoms with Gasteiger partial charge in [0.1, 0.15) is 17.3 Å². The number of hydrogen-bond acceptors (Lipinski definition) is 6. The van der Waals surface area contributed by atoms with Crippen molar-refractivity contribution >= 4 is 23.6 Å². The van der Waals surface area contributed by atoms with Gasteiger partial charge in [0, 0.05) is 23.1 Å². The maximum atomic E-state index is 14.4. The number of esters is 1. The minimum atomic E-state index is -1.32. The summed E-state index contributed by atoms with van der Waals surface area (Å²) in [6.07, 6.45) is -0.0993. The lowest BCUT2D eigenvalue weighted by atomic mass is 9.92. The first-order valence-corrected chi connectivity index (χ1v) is 12.2. The van der Waals surface area contributed by atoms with E-state index in [4.69, 9.17) is 14.2 Å². The number of rotatable bonds is 8. The zero-order chi connectivity index (χ0) is 25.9. The van der Waals surface area contributed by atoms with Gasteiger partial charge in [-0.05, 0) is 48.9 Å². The Morgan fingerprint density at radius 3 is 2.44 bits per heavy atom. The fraction of sp³-hybridized carbons (Fsp3) is 0.286. The average molecular weight is 510 g/mol. The van der Waals surface area contributed by atoms with Crippen molar-refractivity contribution in [2.45, 2.75) is 35.6 Å². The van der Waals surface area contributed by atoms with Crippen LogP contribution in [0.3, 0.4) is 0 Å². The maximum Gasteiger partial charge on any atom is 0.325 e. The van der Waals surface area contributed by atoms with Gasteiger partial charge in [-0.2, -0.15) is 0 Å². The second-order valence-electron chi connectivity index (χ2n) is 8.63. The van der Waals surface area contributed by atoms with E-state index < -0.39 is 22.6 Å². The summed E-state index contributed by atoms with van der Waals surface area (Å²) in [5, 5.41) is 0. The van der Waals surface area contributed by atoms with Crippen molar-refractivity contribution in [2.75, 3.05) is 21.3 Å². The molecule has 1 saturated heterocycles. The van der Waals surface area contributed by atoms with Gasteiger partial charge in [0.15, 0.2) is 4.75 Å². The van der Waals surface area contributed by atoms with Crippen LogP contribution in [0.25, 0.3) is 0 Å². The summed E-state index contributed by atoms with van der Waals surface area (Å²) >= 11 is 1.27. The van der Waals surface area contributed by atoms with Crippen LogP contribution in [0.15, 0.2) is 71.6 Å². The summed E-state index contributed by atoms with van der Waals surface area (Å²) in [5.41, 5.74) is 2.32. The van der Waals surface area contributed by atoms with Crippen molar-refractivity contribution in [3.8, 4) is 11.5 Å². The van der Waals surface area contributed by atoms with Crippen LogP contribution < -0.4 is 9.47 Å². The maximum absolute atomic E-state index is 14.4. The van der Waals surface area contributed by atoms with E-state index in [0.717, 1.165) is 16.0 Å². The summed E-state index contributed by atoms with van der Waals surface area (Å²) in [6.45, 7) is 2.13. The molecule has 188 valence electrons. The van der Waals surface area contributed by atoms with Crippen molar-refractivity contribution in [1.82, 2.24) is 4.90 Å². The van der Waals surface area contributed by atoms with Gasteiger partial charge in [-0.15, -0.1) is 11.8 Å². The molecule has 4 rings (SSSR count). The smallest absolute Gasteiger partial charge is 0.325 e. The van der Waals surface area contributed by atoms with E-state index in [-0.39, 0.29) is 18.9 Å². The highest BCUT2D eigenvalue weighted by atomic mass is 32.2. The Labute approximate surface area is 214 Å². The molecule has 1 aliphatic heterocycles. The molecular weight excluding hydrogens is 481 g/mol. The van der Waals surface area contributed by atoms with E-state index in [0.29, 0.717) is 17.1 Å². The van der Waals surface area contributed by atoms with Crippen LogP contribution in [0.4, 0.5) is 4.39 Å². The Hall–Kier alpha value is -3.52. The van der Waals surface area contributed by atoms with Gasteiger partial charge < -0.3 is 19.1 Å². The number of carbonyl (C=O) groups is 2. The molecule has 3 aromatic rings. The number of likely N-dealkylation sites (tertiary alicyclic amines) is 1. The largest absolute Gasteiger partial charge is 0.497 e. The van der Waals surface area contributed by atoms with Crippen LogP contribution in [0.1, 0.15) is 29.2 Å². The molecule has 1 fully saturated rings. The average Bonchev–Trinajstić information content (AvgIpc) is 3.16. The van der Waals surface area contributed by atoms with Crippen molar-refractivity contribution < 1.29 is 28.2 Å². The molecule has 2 atom stereocenters. The number of carbonyl (C=O) groups excluding carboxylic acids is 2. The quantitative estimate of drug-likeness (QED) is 0.383. The molecular formula is C28H28FNO5S. The van der Waals surface area contributed by atoms with Gasteiger partial charge in [0.2, 0.25) is 5.91 Å². The van der Waals surface area contributed by atoms with Crippen LogP contribution >= 0.6 is 11.8 Å². The van der Waals surface area contributed by atoms with Gasteiger partial charge >= 0.3 is 5.97 Å². The van der Waals surface area contributed by atoms with Crippen molar-refractivity contribution in [1.29, 1.82) is 0 Å². The number of hydrogen-bond donors (Lipinski definition) is 0. The number of amides is 1. The first kappa shape index (κ1) is 25.6. The van der Waals surface area contributed by atoms with E-state index in [1.807, 2.05) is 37.3 Å². The first-order chi connectivity index (χ1) is 17.3. The van der Waals surface area contributed by atoms with Gasteiger partial charge in [0.05, 0.1) is 33.8 Å². The summed E-state index contributed by atoms with van der Waals surface area (Å²) in [7, 11) is 4.41. The Kier molecular flexibility index (Phi) is 7.54. The molecule has 1 amide bonds.